The lowest BCUT2D eigenvalue weighted by Crippen LogP contribution is -2.53. The van der Waals surface area contributed by atoms with Crippen LogP contribution in [0, 0.1) is 0 Å². The molecule has 2 saturated heterocycles. The number of amides is 2. The maximum absolute atomic E-state index is 12.3. The van der Waals surface area contributed by atoms with Crippen molar-refractivity contribution in [3.8, 4) is 0 Å². The van der Waals surface area contributed by atoms with Crippen LogP contribution in [-0.4, -0.2) is 62.1 Å². The van der Waals surface area contributed by atoms with E-state index in [1.54, 1.807) is 0 Å². The molecule has 2 aliphatic rings. The molecule has 0 unspecified atom stereocenters. The summed E-state index contributed by atoms with van der Waals surface area (Å²) in [5.41, 5.74) is 0. The Morgan fingerprint density at radius 1 is 1.25 bits per heavy atom. The standard InChI is InChI=1S/C14H25N3O3/c1-20-10-13(18)16-11-5-8-17(9-6-11)14(19)12-4-2-3-7-15-12/h11-12,15H,2-10H2,1H3,(H,16,18)/t12-/m0/s1. The molecule has 2 aliphatic heterocycles. The fourth-order valence-electron chi connectivity index (χ4n) is 2.93. The Morgan fingerprint density at radius 3 is 2.60 bits per heavy atom. The summed E-state index contributed by atoms with van der Waals surface area (Å²) in [6.45, 7) is 2.51. The van der Waals surface area contributed by atoms with Crippen LogP contribution >= 0.6 is 0 Å². The van der Waals surface area contributed by atoms with Crippen molar-refractivity contribution in [2.24, 2.45) is 0 Å². The monoisotopic (exact) mass is 283 g/mol. The molecule has 2 heterocycles. The lowest BCUT2D eigenvalue weighted by molar-refractivity contribution is -0.135. The Hall–Kier alpha value is -1.14. The number of methoxy groups -OCH3 is 1. The van der Waals surface area contributed by atoms with Gasteiger partial charge in [-0.25, -0.2) is 0 Å². The van der Waals surface area contributed by atoms with Crippen molar-refractivity contribution < 1.29 is 14.3 Å². The van der Waals surface area contributed by atoms with Gasteiger partial charge in [0.15, 0.2) is 0 Å². The molecule has 0 bridgehead atoms. The summed E-state index contributed by atoms with van der Waals surface area (Å²) in [6, 6.07) is 0.171. The first-order chi connectivity index (χ1) is 9.70. The zero-order valence-corrected chi connectivity index (χ0v) is 12.2. The minimum atomic E-state index is -0.0776. The van der Waals surface area contributed by atoms with Gasteiger partial charge in [0.2, 0.25) is 11.8 Å². The zero-order valence-electron chi connectivity index (χ0n) is 12.2. The Bertz CT molecular complexity index is 335. The van der Waals surface area contributed by atoms with Crippen LogP contribution in [-0.2, 0) is 14.3 Å². The van der Waals surface area contributed by atoms with Gasteiger partial charge in [-0.15, -0.1) is 0 Å². The van der Waals surface area contributed by atoms with Gasteiger partial charge in [0.1, 0.15) is 6.61 Å². The van der Waals surface area contributed by atoms with E-state index in [1.165, 1.54) is 7.11 Å². The fourth-order valence-corrected chi connectivity index (χ4v) is 2.93. The number of hydrogen-bond donors (Lipinski definition) is 2. The molecule has 2 N–H and O–H groups in total. The maximum atomic E-state index is 12.3. The van der Waals surface area contributed by atoms with Crippen LogP contribution in [0.15, 0.2) is 0 Å². The van der Waals surface area contributed by atoms with Crippen molar-refractivity contribution in [2.45, 2.75) is 44.2 Å². The lowest BCUT2D eigenvalue weighted by Gasteiger charge is -2.35. The summed E-state index contributed by atoms with van der Waals surface area (Å²) in [5, 5.41) is 6.24. The molecule has 2 amide bonds. The van der Waals surface area contributed by atoms with E-state index >= 15 is 0 Å². The first-order valence-corrected chi connectivity index (χ1v) is 7.51. The number of ether oxygens (including phenoxy) is 1. The van der Waals surface area contributed by atoms with Crippen molar-refractivity contribution in [1.82, 2.24) is 15.5 Å². The Balaban J connectivity index is 1.73. The molecule has 0 aromatic carbocycles. The highest BCUT2D eigenvalue weighted by Gasteiger charge is 2.29. The Morgan fingerprint density at radius 2 is 2.00 bits per heavy atom. The average molecular weight is 283 g/mol. The SMILES string of the molecule is COCC(=O)NC1CCN(C(=O)[C@@H]2CCCCN2)CC1. The van der Waals surface area contributed by atoms with E-state index in [2.05, 4.69) is 10.6 Å². The van der Waals surface area contributed by atoms with E-state index in [0.717, 1.165) is 51.7 Å². The molecular weight excluding hydrogens is 258 g/mol. The number of rotatable bonds is 4. The van der Waals surface area contributed by atoms with E-state index in [-0.39, 0.29) is 30.5 Å². The zero-order chi connectivity index (χ0) is 14.4. The first-order valence-electron chi connectivity index (χ1n) is 7.51. The van der Waals surface area contributed by atoms with Crippen LogP contribution < -0.4 is 10.6 Å². The van der Waals surface area contributed by atoms with E-state index < -0.39 is 0 Å². The number of nitrogens with one attached hydrogen (secondary N) is 2. The van der Waals surface area contributed by atoms with Gasteiger partial charge >= 0.3 is 0 Å². The van der Waals surface area contributed by atoms with Crippen LogP contribution in [0.5, 0.6) is 0 Å². The number of piperidine rings is 2. The summed E-state index contributed by atoms with van der Waals surface area (Å²) in [6.07, 6.45) is 4.90. The second kappa shape index (κ2) is 7.59. The van der Waals surface area contributed by atoms with Crippen LogP contribution in [0.4, 0.5) is 0 Å². The predicted molar refractivity (Wildman–Crippen MR) is 75.3 cm³/mol. The van der Waals surface area contributed by atoms with Gasteiger partial charge in [0.25, 0.3) is 0 Å². The second-order valence-electron chi connectivity index (χ2n) is 5.60. The summed E-state index contributed by atoms with van der Waals surface area (Å²) in [4.78, 5) is 25.7. The highest BCUT2D eigenvalue weighted by atomic mass is 16.5. The summed E-state index contributed by atoms with van der Waals surface area (Å²) in [5.74, 6) is 0.151. The molecule has 6 nitrogen and oxygen atoms in total. The molecule has 2 rings (SSSR count). The molecule has 0 aliphatic carbocycles. The van der Waals surface area contributed by atoms with Crippen LogP contribution in [0.2, 0.25) is 0 Å². The minimum Gasteiger partial charge on any atom is -0.375 e. The Kier molecular flexibility index (Phi) is 5.79. The van der Waals surface area contributed by atoms with E-state index in [4.69, 9.17) is 4.74 Å². The molecule has 0 aromatic rings. The van der Waals surface area contributed by atoms with Gasteiger partial charge in [0, 0.05) is 26.2 Å². The molecule has 2 fully saturated rings. The third-order valence-corrected chi connectivity index (χ3v) is 4.06. The van der Waals surface area contributed by atoms with E-state index in [9.17, 15) is 9.59 Å². The van der Waals surface area contributed by atoms with Crippen molar-refractivity contribution in [3.05, 3.63) is 0 Å². The van der Waals surface area contributed by atoms with Crippen LogP contribution in [0.25, 0.3) is 0 Å². The molecule has 0 saturated carbocycles. The second-order valence-corrected chi connectivity index (χ2v) is 5.60. The van der Waals surface area contributed by atoms with E-state index in [0.29, 0.717) is 0 Å². The summed E-state index contributed by atoms with van der Waals surface area (Å²) >= 11 is 0. The third kappa shape index (κ3) is 4.18. The number of carbonyl (C=O) groups excluding carboxylic acids is 2. The number of hydrogen-bond acceptors (Lipinski definition) is 4. The van der Waals surface area contributed by atoms with Crippen LogP contribution in [0.1, 0.15) is 32.1 Å². The maximum Gasteiger partial charge on any atom is 0.246 e. The predicted octanol–water partition coefficient (Wildman–Crippen LogP) is -0.118. The average Bonchev–Trinajstić information content (AvgIpc) is 2.48. The normalized spacial score (nSPS) is 24.4. The van der Waals surface area contributed by atoms with Crippen LogP contribution in [0.3, 0.4) is 0 Å². The topological polar surface area (TPSA) is 70.7 Å². The quantitative estimate of drug-likeness (QED) is 0.755. The molecule has 6 heteroatoms. The van der Waals surface area contributed by atoms with Gasteiger partial charge in [0.05, 0.1) is 6.04 Å². The van der Waals surface area contributed by atoms with Gasteiger partial charge in [-0.1, -0.05) is 6.42 Å². The van der Waals surface area contributed by atoms with Crippen molar-refractivity contribution in [2.75, 3.05) is 33.4 Å². The summed E-state index contributed by atoms with van der Waals surface area (Å²) in [7, 11) is 1.51. The van der Waals surface area contributed by atoms with Crippen molar-refractivity contribution >= 4 is 11.8 Å². The first kappa shape index (κ1) is 15.3. The van der Waals surface area contributed by atoms with Gasteiger partial charge in [-0.2, -0.15) is 0 Å². The van der Waals surface area contributed by atoms with E-state index in [1.807, 2.05) is 4.90 Å². The number of nitrogens with zero attached hydrogens (tertiary/aromatic N) is 1. The fraction of sp³-hybridized carbons (Fsp3) is 0.857. The van der Waals surface area contributed by atoms with Crippen molar-refractivity contribution in [1.29, 1.82) is 0 Å². The van der Waals surface area contributed by atoms with Gasteiger partial charge < -0.3 is 20.3 Å². The molecule has 114 valence electrons. The molecule has 1 atom stereocenters. The molecule has 0 radical (unpaired) electrons. The highest BCUT2D eigenvalue weighted by molar-refractivity contribution is 5.82. The lowest BCUT2D eigenvalue weighted by atomic mass is 10.0. The third-order valence-electron chi connectivity index (χ3n) is 4.06. The highest BCUT2D eigenvalue weighted by Crippen LogP contribution is 2.15. The molecular formula is C14H25N3O3. The Labute approximate surface area is 120 Å². The number of likely N-dealkylation sites (tertiary alicyclic amines) is 1. The minimum absolute atomic E-state index is 0.00313. The van der Waals surface area contributed by atoms with Crippen molar-refractivity contribution in [3.63, 3.8) is 0 Å². The molecule has 0 aromatic heterocycles. The van der Waals surface area contributed by atoms with Gasteiger partial charge in [-0.3, -0.25) is 9.59 Å². The largest absolute Gasteiger partial charge is 0.375 e. The summed E-state index contributed by atoms with van der Waals surface area (Å²) < 4.78 is 4.80. The molecule has 0 spiro atoms. The number of carbonyl (C=O) groups is 2. The van der Waals surface area contributed by atoms with Gasteiger partial charge in [-0.05, 0) is 32.2 Å². The smallest absolute Gasteiger partial charge is 0.246 e. The molecule has 20 heavy (non-hydrogen) atoms.